The van der Waals surface area contributed by atoms with E-state index >= 15 is 0 Å². The number of nitrogens with one attached hydrogen (secondary N) is 1. The van der Waals surface area contributed by atoms with Crippen molar-refractivity contribution in [1.29, 1.82) is 0 Å². The van der Waals surface area contributed by atoms with Crippen molar-refractivity contribution in [2.75, 3.05) is 13.1 Å². The van der Waals surface area contributed by atoms with Gasteiger partial charge in [-0.15, -0.1) is 0 Å². The lowest BCUT2D eigenvalue weighted by Gasteiger charge is -2.32. The number of aryl methyl sites for hydroxylation is 1. The number of amides is 2. The Hall–Kier alpha value is -3.25. The molecule has 0 radical (unpaired) electrons. The first kappa shape index (κ1) is 22.9. The van der Waals surface area contributed by atoms with Crippen molar-refractivity contribution < 1.29 is 14.0 Å². The monoisotopic (exact) mass is 465 g/mol. The summed E-state index contributed by atoms with van der Waals surface area (Å²) in [5.41, 5.74) is 3.11. The molecule has 4 rings (SSSR count). The van der Waals surface area contributed by atoms with Gasteiger partial charge in [0.05, 0.1) is 11.3 Å². The predicted molar refractivity (Wildman–Crippen MR) is 126 cm³/mol. The number of likely N-dealkylation sites (tertiary alicyclic amines) is 1. The van der Waals surface area contributed by atoms with Gasteiger partial charge < -0.3 is 10.2 Å². The molecule has 1 fully saturated rings. The molecule has 0 saturated carbocycles. The predicted octanol–water partition coefficient (Wildman–Crippen LogP) is 5.13. The number of carbonyl (C=O) groups excluding carboxylic acids is 2. The van der Waals surface area contributed by atoms with Gasteiger partial charge in [0.2, 0.25) is 0 Å². The Morgan fingerprint density at radius 2 is 1.76 bits per heavy atom. The third-order valence-electron chi connectivity index (χ3n) is 5.97. The van der Waals surface area contributed by atoms with Gasteiger partial charge in [-0.25, -0.2) is 4.39 Å². The van der Waals surface area contributed by atoms with Crippen LogP contribution in [0.5, 0.6) is 0 Å². The average Bonchev–Trinajstić information content (AvgIpc) is 2.83. The molecular weight excluding hydrogens is 441 g/mol. The van der Waals surface area contributed by atoms with Crippen LogP contribution in [0.2, 0.25) is 5.02 Å². The highest BCUT2D eigenvalue weighted by atomic mass is 35.5. The molecule has 0 atom stereocenters. The Morgan fingerprint density at radius 1 is 1.06 bits per heavy atom. The lowest BCUT2D eigenvalue weighted by Crippen LogP contribution is -2.38. The van der Waals surface area contributed by atoms with Gasteiger partial charge in [-0.1, -0.05) is 29.8 Å². The van der Waals surface area contributed by atoms with Gasteiger partial charge in [-0.3, -0.25) is 14.6 Å². The molecule has 1 aliphatic rings. The van der Waals surface area contributed by atoms with E-state index in [0.717, 1.165) is 11.4 Å². The molecule has 2 heterocycles. The molecule has 0 aliphatic carbocycles. The topological polar surface area (TPSA) is 62.3 Å². The zero-order valence-electron chi connectivity index (χ0n) is 18.4. The fourth-order valence-electron chi connectivity index (χ4n) is 4.12. The normalized spacial score (nSPS) is 14.2. The number of benzene rings is 2. The van der Waals surface area contributed by atoms with E-state index in [-0.39, 0.29) is 30.1 Å². The van der Waals surface area contributed by atoms with E-state index < -0.39 is 0 Å². The third-order valence-corrected chi connectivity index (χ3v) is 6.22. The number of pyridine rings is 1. The van der Waals surface area contributed by atoms with E-state index in [1.54, 1.807) is 54.6 Å². The molecule has 170 valence electrons. The van der Waals surface area contributed by atoms with Gasteiger partial charge in [-0.05, 0) is 62.2 Å². The maximum atomic E-state index is 13.9. The molecular formula is C26H25ClFN3O2. The summed E-state index contributed by atoms with van der Waals surface area (Å²) in [5, 5.41) is 3.41. The van der Waals surface area contributed by atoms with Crippen molar-refractivity contribution in [3.63, 3.8) is 0 Å². The zero-order valence-corrected chi connectivity index (χ0v) is 19.1. The summed E-state index contributed by atoms with van der Waals surface area (Å²) in [5.74, 6) is -0.586. The molecule has 0 unspecified atom stereocenters. The molecule has 5 nitrogen and oxygen atoms in total. The first-order valence-electron chi connectivity index (χ1n) is 11.0. The number of halogens is 2. The van der Waals surface area contributed by atoms with Crippen LogP contribution in [0.4, 0.5) is 4.39 Å². The Labute approximate surface area is 197 Å². The number of nitrogens with zero attached hydrogens (tertiary/aromatic N) is 2. The van der Waals surface area contributed by atoms with Crippen molar-refractivity contribution in [2.24, 2.45) is 0 Å². The molecule has 2 amide bonds. The fourth-order valence-corrected chi connectivity index (χ4v) is 4.25. The van der Waals surface area contributed by atoms with Crippen molar-refractivity contribution in [2.45, 2.75) is 32.2 Å². The largest absolute Gasteiger partial charge is 0.348 e. The Morgan fingerprint density at radius 3 is 2.45 bits per heavy atom. The molecule has 2 aromatic carbocycles. The molecule has 1 saturated heterocycles. The first-order chi connectivity index (χ1) is 15.9. The second-order valence-corrected chi connectivity index (χ2v) is 8.67. The minimum absolute atomic E-state index is 0.0230. The number of rotatable bonds is 5. The summed E-state index contributed by atoms with van der Waals surface area (Å²) in [6.45, 7) is 3.16. The summed E-state index contributed by atoms with van der Waals surface area (Å²) in [6.07, 6.45) is 1.42. The molecule has 0 spiro atoms. The van der Waals surface area contributed by atoms with Crippen LogP contribution in [0.1, 0.15) is 56.4 Å². The fraction of sp³-hybridized carbons (Fsp3) is 0.269. The lowest BCUT2D eigenvalue weighted by atomic mass is 9.89. The van der Waals surface area contributed by atoms with E-state index in [1.807, 2.05) is 11.8 Å². The van der Waals surface area contributed by atoms with Crippen LogP contribution in [0, 0.1) is 12.7 Å². The number of carbonyl (C=O) groups is 2. The van der Waals surface area contributed by atoms with Crippen molar-refractivity contribution >= 4 is 23.4 Å². The molecule has 1 aromatic heterocycles. The minimum atomic E-state index is -0.349. The van der Waals surface area contributed by atoms with E-state index in [0.29, 0.717) is 47.6 Å². The van der Waals surface area contributed by atoms with Crippen LogP contribution in [-0.2, 0) is 6.54 Å². The van der Waals surface area contributed by atoms with Crippen LogP contribution in [-0.4, -0.2) is 34.8 Å². The van der Waals surface area contributed by atoms with E-state index in [4.69, 9.17) is 11.6 Å². The number of aromatic nitrogens is 1. The number of hydrogen-bond donors (Lipinski definition) is 1. The second kappa shape index (κ2) is 10.1. The van der Waals surface area contributed by atoms with Gasteiger partial charge in [-0.2, -0.15) is 0 Å². The van der Waals surface area contributed by atoms with Gasteiger partial charge in [0.1, 0.15) is 5.82 Å². The van der Waals surface area contributed by atoms with E-state index in [9.17, 15) is 14.0 Å². The van der Waals surface area contributed by atoms with Crippen molar-refractivity contribution in [3.8, 4) is 0 Å². The van der Waals surface area contributed by atoms with Crippen molar-refractivity contribution in [1.82, 2.24) is 15.2 Å². The average molecular weight is 466 g/mol. The van der Waals surface area contributed by atoms with E-state index in [1.165, 1.54) is 6.07 Å². The molecule has 0 bridgehead atoms. The molecule has 1 N–H and O–H groups in total. The molecule has 33 heavy (non-hydrogen) atoms. The van der Waals surface area contributed by atoms with Crippen LogP contribution in [0.15, 0.2) is 60.7 Å². The van der Waals surface area contributed by atoms with Gasteiger partial charge >= 0.3 is 0 Å². The zero-order chi connectivity index (χ0) is 23.4. The van der Waals surface area contributed by atoms with Gasteiger partial charge in [0, 0.05) is 47.4 Å². The standard InChI is InChI=1S/C26H25ClFN3O2/c1-17-6-11-22(25(32)29-16-20-4-2-3-5-23(20)28)24(30-17)18-12-14-31(15-13-18)26(33)19-7-9-21(27)10-8-19/h2-11,18H,12-16H2,1H3,(H,29,32). The van der Waals surface area contributed by atoms with Crippen LogP contribution >= 0.6 is 11.6 Å². The number of piperidine rings is 1. The summed E-state index contributed by atoms with van der Waals surface area (Å²) in [7, 11) is 0. The Balaban J connectivity index is 1.44. The van der Waals surface area contributed by atoms with Crippen LogP contribution < -0.4 is 5.32 Å². The highest BCUT2D eigenvalue weighted by Gasteiger charge is 2.28. The highest BCUT2D eigenvalue weighted by molar-refractivity contribution is 6.30. The number of hydrogen-bond acceptors (Lipinski definition) is 3. The van der Waals surface area contributed by atoms with Crippen molar-refractivity contribution in [3.05, 3.63) is 99.6 Å². The maximum Gasteiger partial charge on any atom is 0.253 e. The lowest BCUT2D eigenvalue weighted by molar-refractivity contribution is 0.0710. The van der Waals surface area contributed by atoms with Crippen LogP contribution in [0.3, 0.4) is 0 Å². The Bertz CT molecular complexity index is 1160. The quantitative estimate of drug-likeness (QED) is 0.568. The Kier molecular flexibility index (Phi) is 7.04. The molecule has 7 heteroatoms. The van der Waals surface area contributed by atoms with Gasteiger partial charge in [0.15, 0.2) is 0 Å². The SMILES string of the molecule is Cc1ccc(C(=O)NCc2ccccc2F)c(C2CCN(C(=O)c3ccc(Cl)cc3)CC2)n1. The summed E-state index contributed by atoms with van der Waals surface area (Å²) in [4.78, 5) is 32.2. The third kappa shape index (κ3) is 5.40. The summed E-state index contributed by atoms with van der Waals surface area (Å²) in [6, 6.07) is 16.9. The minimum Gasteiger partial charge on any atom is -0.348 e. The van der Waals surface area contributed by atoms with E-state index in [2.05, 4.69) is 10.3 Å². The molecule has 1 aliphatic heterocycles. The second-order valence-electron chi connectivity index (χ2n) is 8.23. The van der Waals surface area contributed by atoms with Gasteiger partial charge in [0.25, 0.3) is 11.8 Å². The van der Waals surface area contributed by atoms with Crippen LogP contribution in [0.25, 0.3) is 0 Å². The highest BCUT2D eigenvalue weighted by Crippen LogP contribution is 2.30. The summed E-state index contributed by atoms with van der Waals surface area (Å²) >= 11 is 5.92. The molecule has 3 aromatic rings. The smallest absolute Gasteiger partial charge is 0.253 e. The summed E-state index contributed by atoms with van der Waals surface area (Å²) < 4.78 is 13.9. The first-order valence-corrected chi connectivity index (χ1v) is 11.3. The maximum absolute atomic E-state index is 13.9.